The monoisotopic (exact) mass is 185 g/mol. The first-order chi connectivity index (χ1) is 6.02. The summed E-state index contributed by atoms with van der Waals surface area (Å²) in [6, 6.07) is 0. The standard InChI is InChI=1S/C8H11NO4/c1-5(10)9-7(12)3-4-8(9)13-6(2)11/h8H,3-4H2,1-2H3/t8-/m0/s1. The average molecular weight is 185 g/mol. The molecule has 0 aliphatic carbocycles. The van der Waals surface area contributed by atoms with Crippen molar-refractivity contribution in [1.82, 2.24) is 4.90 Å². The normalized spacial score (nSPS) is 21.8. The van der Waals surface area contributed by atoms with Gasteiger partial charge in [0.15, 0.2) is 6.23 Å². The molecule has 5 heteroatoms. The number of likely N-dealkylation sites (tertiary alicyclic amines) is 1. The summed E-state index contributed by atoms with van der Waals surface area (Å²) in [7, 11) is 0. The van der Waals surface area contributed by atoms with Crippen LogP contribution in [0, 0.1) is 0 Å². The van der Waals surface area contributed by atoms with Crippen molar-refractivity contribution in [2.45, 2.75) is 32.9 Å². The molecule has 1 fully saturated rings. The lowest BCUT2D eigenvalue weighted by Gasteiger charge is -2.20. The van der Waals surface area contributed by atoms with Gasteiger partial charge in [-0.1, -0.05) is 0 Å². The molecule has 2 amide bonds. The van der Waals surface area contributed by atoms with E-state index < -0.39 is 12.2 Å². The van der Waals surface area contributed by atoms with Crippen LogP contribution in [0.5, 0.6) is 0 Å². The van der Waals surface area contributed by atoms with Gasteiger partial charge in [-0.2, -0.15) is 0 Å². The second-order valence-electron chi connectivity index (χ2n) is 2.89. The lowest BCUT2D eigenvalue weighted by Crippen LogP contribution is -2.39. The molecule has 0 N–H and O–H groups in total. The largest absolute Gasteiger partial charge is 0.441 e. The number of amides is 2. The van der Waals surface area contributed by atoms with E-state index in [9.17, 15) is 14.4 Å². The molecular weight excluding hydrogens is 174 g/mol. The molecule has 72 valence electrons. The number of carbonyl (C=O) groups is 3. The number of imide groups is 1. The van der Waals surface area contributed by atoms with Gasteiger partial charge in [0.05, 0.1) is 0 Å². The van der Waals surface area contributed by atoms with Crippen LogP contribution < -0.4 is 0 Å². The number of rotatable bonds is 1. The van der Waals surface area contributed by atoms with E-state index >= 15 is 0 Å². The van der Waals surface area contributed by atoms with Crippen molar-refractivity contribution in [3.05, 3.63) is 0 Å². The van der Waals surface area contributed by atoms with Gasteiger partial charge in [-0.15, -0.1) is 0 Å². The third-order valence-corrected chi connectivity index (χ3v) is 1.80. The maximum Gasteiger partial charge on any atom is 0.304 e. The maximum atomic E-state index is 11.1. The quantitative estimate of drug-likeness (QED) is 0.541. The number of esters is 1. The van der Waals surface area contributed by atoms with Crippen molar-refractivity contribution in [2.75, 3.05) is 0 Å². The molecule has 0 aromatic carbocycles. The molecule has 0 radical (unpaired) electrons. The van der Waals surface area contributed by atoms with Gasteiger partial charge in [0.2, 0.25) is 11.8 Å². The smallest absolute Gasteiger partial charge is 0.304 e. The Balaban J connectivity index is 2.69. The molecule has 1 aliphatic heterocycles. The van der Waals surface area contributed by atoms with Gasteiger partial charge in [0.1, 0.15) is 0 Å². The van der Waals surface area contributed by atoms with E-state index in [0.29, 0.717) is 6.42 Å². The number of hydrogen-bond donors (Lipinski definition) is 0. The summed E-state index contributed by atoms with van der Waals surface area (Å²) in [5.74, 6) is -1.14. The second-order valence-corrected chi connectivity index (χ2v) is 2.89. The van der Waals surface area contributed by atoms with Crippen LogP contribution in [-0.4, -0.2) is 28.9 Å². The number of hydrogen-bond acceptors (Lipinski definition) is 4. The molecule has 1 heterocycles. The first kappa shape index (κ1) is 9.70. The van der Waals surface area contributed by atoms with Gasteiger partial charge in [0.25, 0.3) is 0 Å². The Labute approximate surface area is 75.6 Å². The van der Waals surface area contributed by atoms with Gasteiger partial charge in [-0.05, 0) is 0 Å². The molecule has 0 spiro atoms. The van der Waals surface area contributed by atoms with Crippen LogP contribution in [0.1, 0.15) is 26.7 Å². The summed E-state index contributed by atoms with van der Waals surface area (Å²) in [5, 5.41) is 0. The van der Waals surface area contributed by atoms with E-state index in [2.05, 4.69) is 0 Å². The van der Waals surface area contributed by atoms with E-state index in [0.717, 1.165) is 4.90 Å². The van der Waals surface area contributed by atoms with Crippen LogP contribution >= 0.6 is 0 Å². The molecule has 13 heavy (non-hydrogen) atoms. The maximum absolute atomic E-state index is 11.1. The van der Waals surface area contributed by atoms with Gasteiger partial charge >= 0.3 is 5.97 Å². The van der Waals surface area contributed by atoms with E-state index in [4.69, 9.17) is 4.74 Å². The van der Waals surface area contributed by atoms with E-state index in [1.165, 1.54) is 13.8 Å². The number of carbonyl (C=O) groups excluding carboxylic acids is 3. The Morgan fingerprint density at radius 1 is 1.46 bits per heavy atom. The topological polar surface area (TPSA) is 63.7 Å². The first-order valence-corrected chi connectivity index (χ1v) is 4.02. The molecule has 1 rings (SSSR count). The van der Waals surface area contributed by atoms with Crippen LogP contribution in [0.15, 0.2) is 0 Å². The Bertz CT molecular complexity index is 261. The van der Waals surface area contributed by atoms with Crippen molar-refractivity contribution >= 4 is 17.8 Å². The fraction of sp³-hybridized carbons (Fsp3) is 0.625. The lowest BCUT2D eigenvalue weighted by molar-refractivity contribution is -0.162. The van der Waals surface area contributed by atoms with Gasteiger partial charge < -0.3 is 4.74 Å². The van der Waals surface area contributed by atoms with Crippen molar-refractivity contribution < 1.29 is 19.1 Å². The van der Waals surface area contributed by atoms with Crippen LogP contribution in [0.25, 0.3) is 0 Å². The third kappa shape index (κ3) is 2.05. The highest BCUT2D eigenvalue weighted by Gasteiger charge is 2.35. The highest BCUT2D eigenvalue weighted by molar-refractivity contribution is 5.96. The van der Waals surface area contributed by atoms with E-state index in [1.54, 1.807) is 0 Å². The molecule has 0 unspecified atom stereocenters. The van der Waals surface area contributed by atoms with Gasteiger partial charge in [0, 0.05) is 26.7 Å². The van der Waals surface area contributed by atoms with Crippen LogP contribution in [0.3, 0.4) is 0 Å². The highest BCUT2D eigenvalue weighted by atomic mass is 16.6. The summed E-state index contributed by atoms with van der Waals surface area (Å²) < 4.78 is 4.80. The summed E-state index contributed by atoms with van der Waals surface area (Å²) in [5.41, 5.74) is 0. The van der Waals surface area contributed by atoms with E-state index in [-0.39, 0.29) is 18.2 Å². The molecule has 1 aliphatic rings. The zero-order valence-electron chi connectivity index (χ0n) is 7.57. The number of nitrogens with zero attached hydrogens (tertiary/aromatic N) is 1. The molecular formula is C8H11NO4. The first-order valence-electron chi connectivity index (χ1n) is 4.02. The molecule has 0 aromatic heterocycles. The van der Waals surface area contributed by atoms with Crippen molar-refractivity contribution in [1.29, 1.82) is 0 Å². The second kappa shape index (κ2) is 3.55. The summed E-state index contributed by atoms with van der Waals surface area (Å²) in [6.07, 6.45) is -0.0299. The fourth-order valence-electron chi connectivity index (χ4n) is 1.34. The minimum Gasteiger partial charge on any atom is -0.441 e. The van der Waals surface area contributed by atoms with E-state index in [1.807, 2.05) is 0 Å². The Hall–Kier alpha value is -1.39. The number of ether oxygens (including phenoxy) is 1. The van der Waals surface area contributed by atoms with Crippen molar-refractivity contribution in [2.24, 2.45) is 0 Å². The summed E-state index contributed by atoms with van der Waals surface area (Å²) in [6.45, 7) is 2.53. The van der Waals surface area contributed by atoms with Crippen LogP contribution in [-0.2, 0) is 19.1 Å². The predicted octanol–water partition coefficient (Wildman–Crippen LogP) is 0.0445. The highest BCUT2D eigenvalue weighted by Crippen LogP contribution is 2.19. The van der Waals surface area contributed by atoms with Crippen molar-refractivity contribution in [3.63, 3.8) is 0 Å². The zero-order chi connectivity index (χ0) is 10.0. The minimum absolute atomic E-state index is 0.261. The SMILES string of the molecule is CC(=O)O[C@H]1CCC(=O)N1C(C)=O. The molecule has 1 saturated heterocycles. The Kier molecular flexibility index (Phi) is 2.65. The Morgan fingerprint density at radius 3 is 2.54 bits per heavy atom. The zero-order valence-corrected chi connectivity index (χ0v) is 7.57. The molecule has 0 aromatic rings. The Morgan fingerprint density at radius 2 is 2.08 bits per heavy atom. The molecule has 1 atom stereocenters. The molecule has 5 nitrogen and oxygen atoms in total. The minimum atomic E-state index is -0.692. The predicted molar refractivity (Wildman–Crippen MR) is 42.3 cm³/mol. The fourth-order valence-corrected chi connectivity index (χ4v) is 1.34. The summed E-state index contributed by atoms with van der Waals surface area (Å²) in [4.78, 5) is 33.7. The average Bonchev–Trinajstić information content (AvgIpc) is 2.30. The van der Waals surface area contributed by atoms with Crippen LogP contribution in [0.2, 0.25) is 0 Å². The van der Waals surface area contributed by atoms with Gasteiger partial charge in [-0.3, -0.25) is 14.4 Å². The van der Waals surface area contributed by atoms with Gasteiger partial charge in [-0.25, -0.2) is 4.90 Å². The summed E-state index contributed by atoms with van der Waals surface area (Å²) >= 11 is 0. The molecule has 0 saturated carbocycles. The lowest BCUT2D eigenvalue weighted by atomic mass is 10.3. The van der Waals surface area contributed by atoms with Crippen molar-refractivity contribution in [3.8, 4) is 0 Å². The molecule has 0 bridgehead atoms. The third-order valence-electron chi connectivity index (χ3n) is 1.80. The van der Waals surface area contributed by atoms with Crippen LogP contribution in [0.4, 0.5) is 0 Å².